The van der Waals surface area contributed by atoms with E-state index in [4.69, 9.17) is 0 Å². The highest BCUT2D eigenvalue weighted by molar-refractivity contribution is 7.99. The Labute approximate surface area is 176 Å². The molecule has 0 aromatic heterocycles. The minimum Gasteiger partial charge on any atom is -0.351 e. The second-order valence-corrected chi connectivity index (χ2v) is 11.2. The van der Waals surface area contributed by atoms with E-state index in [-0.39, 0.29) is 48.2 Å². The first-order valence-corrected chi connectivity index (χ1v) is 13.0. The molecule has 3 aliphatic rings. The lowest BCUT2D eigenvalue weighted by Crippen LogP contribution is -2.50. The van der Waals surface area contributed by atoms with Gasteiger partial charge in [-0.1, -0.05) is 12.1 Å². The quantitative estimate of drug-likeness (QED) is 0.747. The standard InChI is InChI=1S/C20H27N3O4S2/c24-19(21-15-13-29(26,27)14-17(15)22-9-3-4-10-22)7-8-20(25)23-11-12-28-18-6-2-1-5-16(18)23/h1-2,5-6,15,17H,3-4,7-14H2,(H,21,24). The fourth-order valence-corrected chi connectivity index (χ4v) is 7.41. The normalized spacial score (nSPS) is 26.3. The fourth-order valence-electron chi connectivity index (χ4n) is 4.46. The Hall–Kier alpha value is -1.58. The predicted molar refractivity (Wildman–Crippen MR) is 114 cm³/mol. The van der Waals surface area contributed by atoms with Gasteiger partial charge in [0.15, 0.2) is 9.84 Å². The van der Waals surface area contributed by atoms with Crippen molar-refractivity contribution in [1.29, 1.82) is 0 Å². The van der Waals surface area contributed by atoms with Crippen molar-refractivity contribution in [2.24, 2.45) is 0 Å². The fraction of sp³-hybridized carbons (Fsp3) is 0.600. The highest BCUT2D eigenvalue weighted by Crippen LogP contribution is 2.34. The number of anilines is 1. The maximum atomic E-state index is 12.7. The van der Waals surface area contributed by atoms with Crippen LogP contribution in [-0.2, 0) is 19.4 Å². The zero-order valence-electron chi connectivity index (χ0n) is 16.4. The van der Waals surface area contributed by atoms with E-state index < -0.39 is 9.84 Å². The van der Waals surface area contributed by atoms with Crippen molar-refractivity contribution < 1.29 is 18.0 Å². The van der Waals surface area contributed by atoms with Crippen molar-refractivity contribution in [1.82, 2.24) is 10.2 Å². The second-order valence-electron chi connectivity index (χ2n) is 7.92. The summed E-state index contributed by atoms with van der Waals surface area (Å²) in [5, 5.41) is 2.90. The lowest BCUT2D eigenvalue weighted by atomic mass is 10.1. The van der Waals surface area contributed by atoms with Gasteiger partial charge < -0.3 is 10.2 Å². The third-order valence-corrected chi connectivity index (χ3v) is 8.63. The van der Waals surface area contributed by atoms with Crippen LogP contribution in [0.1, 0.15) is 25.7 Å². The first-order valence-electron chi connectivity index (χ1n) is 10.2. The number of hydrogen-bond acceptors (Lipinski definition) is 6. The molecule has 1 aromatic carbocycles. The van der Waals surface area contributed by atoms with E-state index >= 15 is 0 Å². The summed E-state index contributed by atoms with van der Waals surface area (Å²) in [7, 11) is -3.14. The molecular weight excluding hydrogens is 410 g/mol. The van der Waals surface area contributed by atoms with Crippen molar-refractivity contribution in [2.75, 3.05) is 41.8 Å². The van der Waals surface area contributed by atoms with Gasteiger partial charge in [0, 0.05) is 36.1 Å². The molecular formula is C20H27N3O4S2. The molecule has 29 heavy (non-hydrogen) atoms. The zero-order chi connectivity index (χ0) is 20.4. The third-order valence-electron chi connectivity index (χ3n) is 5.87. The van der Waals surface area contributed by atoms with E-state index in [0.717, 1.165) is 42.3 Å². The zero-order valence-corrected chi connectivity index (χ0v) is 18.0. The van der Waals surface area contributed by atoms with E-state index in [9.17, 15) is 18.0 Å². The van der Waals surface area contributed by atoms with E-state index in [2.05, 4.69) is 10.2 Å². The third kappa shape index (κ3) is 4.78. The molecule has 2 amide bonds. The molecule has 158 valence electrons. The van der Waals surface area contributed by atoms with Crippen LogP contribution in [0.15, 0.2) is 29.2 Å². The number of nitrogens with zero attached hydrogens (tertiary/aromatic N) is 2. The molecule has 2 saturated heterocycles. The van der Waals surface area contributed by atoms with Gasteiger partial charge >= 0.3 is 0 Å². The van der Waals surface area contributed by atoms with E-state index in [1.54, 1.807) is 16.7 Å². The summed E-state index contributed by atoms with van der Waals surface area (Å²) in [4.78, 5) is 30.2. The van der Waals surface area contributed by atoms with Crippen LogP contribution in [0.5, 0.6) is 0 Å². The number of likely N-dealkylation sites (tertiary alicyclic amines) is 1. The van der Waals surface area contributed by atoms with Gasteiger partial charge in [-0.3, -0.25) is 14.5 Å². The topological polar surface area (TPSA) is 86.8 Å². The van der Waals surface area contributed by atoms with Crippen molar-refractivity contribution >= 4 is 39.1 Å². The molecule has 0 bridgehead atoms. The lowest BCUT2D eigenvalue weighted by molar-refractivity contribution is -0.125. The second kappa shape index (κ2) is 8.65. The van der Waals surface area contributed by atoms with Gasteiger partial charge in [-0.2, -0.15) is 0 Å². The minimum absolute atomic E-state index is 0.00935. The van der Waals surface area contributed by atoms with E-state index in [0.29, 0.717) is 6.54 Å². The maximum absolute atomic E-state index is 12.7. The van der Waals surface area contributed by atoms with E-state index in [1.165, 1.54) is 0 Å². The molecule has 0 spiro atoms. The number of rotatable bonds is 5. The van der Waals surface area contributed by atoms with Gasteiger partial charge in [0.1, 0.15) is 0 Å². The Morgan fingerprint density at radius 3 is 2.62 bits per heavy atom. The molecule has 1 N–H and O–H groups in total. The van der Waals surface area contributed by atoms with Crippen molar-refractivity contribution in [3.05, 3.63) is 24.3 Å². The van der Waals surface area contributed by atoms with Crippen LogP contribution in [0.3, 0.4) is 0 Å². The van der Waals surface area contributed by atoms with Crippen molar-refractivity contribution in [3.63, 3.8) is 0 Å². The molecule has 2 fully saturated rings. The summed E-state index contributed by atoms with van der Waals surface area (Å²) in [5.74, 6) is 0.628. The molecule has 0 saturated carbocycles. The summed E-state index contributed by atoms with van der Waals surface area (Å²) in [6.45, 7) is 2.41. The van der Waals surface area contributed by atoms with Crippen LogP contribution < -0.4 is 10.2 Å². The molecule has 9 heteroatoms. The summed E-state index contributed by atoms with van der Waals surface area (Å²) in [5.41, 5.74) is 0.908. The monoisotopic (exact) mass is 437 g/mol. The highest BCUT2D eigenvalue weighted by Gasteiger charge is 2.42. The average Bonchev–Trinajstić information content (AvgIpc) is 3.33. The number of carbonyl (C=O) groups excluding carboxylic acids is 2. The Morgan fingerprint density at radius 1 is 1.07 bits per heavy atom. The highest BCUT2D eigenvalue weighted by atomic mass is 32.2. The molecule has 4 rings (SSSR count). The first-order chi connectivity index (χ1) is 13.9. The van der Waals surface area contributed by atoms with Crippen molar-refractivity contribution in [2.45, 2.75) is 42.7 Å². The maximum Gasteiger partial charge on any atom is 0.227 e. The summed E-state index contributed by atoms with van der Waals surface area (Å²) in [6.07, 6.45) is 2.34. The summed E-state index contributed by atoms with van der Waals surface area (Å²) >= 11 is 1.73. The molecule has 2 unspecified atom stereocenters. The van der Waals surface area contributed by atoms with Gasteiger partial charge in [0.25, 0.3) is 0 Å². The summed E-state index contributed by atoms with van der Waals surface area (Å²) in [6, 6.07) is 7.28. The van der Waals surface area contributed by atoms with Gasteiger partial charge in [-0.15, -0.1) is 11.8 Å². The number of hydrogen-bond donors (Lipinski definition) is 1. The molecule has 3 heterocycles. The molecule has 3 aliphatic heterocycles. The summed E-state index contributed by atoms with van der Waals surface area (Å²) < 4.78 is 24.3. The number of para-hydroxylation sites is 1. The Balaban J connectivity index is 1.33. The van der Waals surface area contributed by atoms with Gasteiger partial charge in [-0.05, 0) is 38.1 Å². The molecule has 1 aromatic rings. The number of sulfone groups is 1. The van der Waals surface area contributed by atoms with Crippen LogP contribution in [0.25, 0.3) is 0 Å². The van der Waals surface area contributed by atoms with Crippen LogP contribution in [0, 0.1) is 0 Å². The smallest absolute Gasteiger partial charge is 0.227 e. The number of carbonyl (C=O) groups is 2. The molecule has 7 nitrogen and oxygen atoms in total. The average molecular weight is 438 g/mol. The van der Waals surface area contributed by atoms with Crippen LogP contribution in [0.4, 0.5) is 5.69 Å². The SMILES string of the molecule is O=C(CCC(=O)N1CCSc2ccccc21)NC1CS(=O)(=O)CC1N1CCCC1. The van der Waals surface area contributed by atoms with Gasteiger partial charge in [-0.25, -0.2) is 8.42 Å². The molecule has 0 radical (unpaired) electrons. The number of nitrogens with one attached hydrogen (secondary N) is 1. The Morgan fingerprint density at radius 2 is 1.83 bits per heavy atom. The van der Waals surface area contributed by atoms with Crippen LogP contribution in [-0.4, -0.2) is 74.1 Å². The number of amides is 2. The first kappa shape index (κ1) is 20.7. The van der Waals surface area contributed by atoms with E-state index in [1.807, 2.05) is 24.3 Å². The molecule has 0 aliphatic carbocycles. The van der Waals surface area contributed by atoms with Crippen LogP contribution in [0.2, 0.25) is 0 Å². The lowest BCUT2D eigenvalue weighted by Gasteiger charge is -2.29. The van der Waals surface area contributed by atoms with Crippen molar-refractivity contribution in [3.8, 4) is 0 Å². The Kier molecular flexibility index (Phi) is 6.17. The predicted octanol–water partition coefficient (Wildman–Crippen LogP) is 1.28. The number of thioether (sulfide) groups is 1. The number of fused-ring (bicyclic) bond motifs is 1. The molecule has 2 atom stereocenters. The van der Waals surface area contributed by atoms with Gasteiger partial charge in [0.2, 0.25) is 11.8 Å². The number of benzene rings is 1. The van der Waals surface area contributed by atoms with Crippen LogP contribution >= 0.6 is 11.8 Å². The van der Waals surface area contributed by atoms with Gasteiger partial charge in [0.05, 0.1) is 23.2 Å². The Bertz CT molecular complexity index is 883. The minimum atomic E-state index is -3.14. The largest absolute Gasteiger partial charge is 0.351 e.